The summed E-state index contributed by atoms with van der Waals surface area (Å²) < 4.78 is 5.52. The van der Waals surface area contributed by atoms with E-state index in [0.29, 0.717) is 19.4 Å². The number of hydrogen-bond donors (Lipinski definition) is 3. The lowest BCUT2D eigenvalue weighted by atomic mass is 10.0. The molecule has 0 saturated carbocycles. The van der Waals surface area contributed by atoms with Gasteiger partial charge >= 0.3 is 5.97 Å². The lowest BCUT2D eigenvalue weighted by Gasteiger charge is -2.20. The minimum absolute atomic E-state index is 0.0219. The molecule has 2 unspecified atom stereocenters. The van der Waals surface area contributed by atoms with Crippen LogP contribution in [0.3, 0.4) is 0 Å². The van der Waals surface area contributed by atoms with Gasteiger partial charge in [-0.2, -0.15) is 0 Å². The molecule has 0 aliphatic carbocycles. The van der Waals surface area contributed by atoms with Crippen molar-refractivity contribution in [2.24, 2.45) is 0 Å². The van der Waals surface area contributed by atoms with E-state index in [2.05, 4.69) is 31.3 Å². The summed E-state index contributed by atoms with van der Waals surface area (Å²) in [6.45, 7) is 4.94. The Morgan fingerprint density at radius 1 is 0.325 bits per heavy atom. The predicted molar refractivity (Wildman–Crippen MR) is 366 cm³/mol. The van der Waals surface area contributed by atoms with Gasteiger partial charge in [0.2, 0.25) is 5.91 Å². The van der Waals surface area contributed by atoms with E-state index in [4.69, 9.17) is 4.74 Å². The summed E-state index contributed by atoms with van der Waals surface area (Å²) in [5.41, 5.74) is 0. The molecule has 0 fully saturated rings. The van der Waals surface area contributed by atoms with Crippen LogP contribution in [0.5, 0.6) is 0 Å². The molecule has 0 heterocycles. The maximum atomic E-state index is 12.5. The first-order chi connectivity index (χ1) is 41.0. The molecule has 6 nitrogen and oxygen atoms in total. The third kappa shape index (κ3) is 69.3. The van der Waals surface area contributed by atoms with Gasteiger partial charge in [0.15, 0.2) is 0 Å². The number of rotatable bonds is 72. The third-order valence-electron chi connectivity index (χ3n) is 18.0. The zero-order valence-corrected chi connectivity index (χ0v) is 56.5. The number of allylic oxidation sites excluding steroid dienone is 3. The summed E-state index contributed by atoms with van der Waals surface area (Å²) in [7, 11) is 0. The van der Waals surface area contributed by atoms with E-state index in [9.17, 15) is 19.8 Å². The first kappa shape index (κ1) is 81.3. The molecule has 0 aromatic carbocycles. The van der Waals surface area contributed by atoms with Gasteiger partial charge in [0, 0.05) is 12.8 Å². The highest BCUT2D eigenvalue weighted by Gasteiger charge is 2.18. The normalized spacial score (nSPS) is 12.6. The topological polar surface area (TPSA) is 95.9 Å². The minimum Gasteiger partial charge on any atom is -0.466 e. The van der Waals surface area contributed by atoms with E-state index in [-0.39, 0.29) is 18.5 Å². The van der Waals surface area contributed by atoms with E-state index >= 15 is 0 Å². The predicted octanol–water partition coefficient (Wildman–Crippen LogP) is 24.9. The number of esters is 1. The molecule has 0 rings (SSSR count). The van der Waals surface area contributed by atoms with Gasteiger partial charge in [-0.05, 0) is 57.8 Å². The fourth-order valence-corrected chi connectivity index (χ4v) is 12.2. The molecular formula is C77H149NO5. The van der Waals surface area contributed by atoms with Crippen LogP contribution in [0.15, 0.2) is 24.3 Å². The molecule has 492 valence electrons. The Hall–Kier alpha value is -1.66. The summed E-state index contributed by atoms with van der Waals surface area (Å²) in [6, 6.07) is -0.623. The zero-order chi connectivity index (χ0) is 59.9. The Balaban J connectivity index is 3.31. The Labute approximate surface area is 520 Å². The molecule has 0 aliphatic rings. The largest absolute Gasteiger partial charge is 0.466 e. The van der Waals surface area contributed by atoms with Gasteiger partial charge in [0.05, 0.1) is 25.4 Å². The molecule has 0 saturated heterocycles. The van der Waals surface area contributed by atoms with Crippen LogP contribution in [-0.2, 0) is 14.3 Å². The number of amides is 1. The first-order valence-electron chi connectivity index (χ1n) is 38.1. The summed E-state index contributed by atoms with van der Waals surface area (Å²) in [5.74, 6) is -0.0388. The van der Waals surface area contributed by atoms with Crippen LogP contribution in [0.2, 0.25) is 0 Å². The monoisotopic (exact) mass is 1170 g/mol. The molecule has 83 heavy (non-hydrogen) atoms. The molecule has 1 amide bonds. The number of carbonyl (C=O) groups is 2. The Morgan fingerprint density at radius 2 is 0.566 bits per heavy atom. The van der Waals surface area contributed by atoms with Crippen LogP contribution in [0.4, 0.5) is 0 Å². The summed E-state index contributed by atoms with van der Waals surface area (Å²) >= 11 is 0. The van der Waals surface area contributed by atoms with Crippen LogP contribution < -0.4 is 5.32 Å². The molecule has 0 aliphatic heterocycles. The molecule has 0 spiro atoms. The van der Waals surface area contributed by atoms with Crippen molar-refractivity contribution in [3.05, 3.63) is 24.3 Å². The van der Waals surface area contributed by atoms with E-state index in [1.54, 1.807) is 6.08 Å². The average molecular weight is 1170 g/mol. The first-order valence-corrected chi connectivity index (χ1v) is 38.1. The smallest absolute Gasteiger partial charge is 0.305 e. The second kappa shape index (κ2) is 72.8. The van der Waals surface area contributed by atoms with Gasteiger partial charge in [-0.3, -0.25) is 9.59 Å². The Kier molecular flexibility index (Phi) is 71.4. The number of unbranched alkanes of at least 4 members (excludes halogenated alkanes) is 59. The Bertz CT molecular complexity index is 1300. The van der Waals surface area contributed by atoms with Crippen LogP contribution in [0.1, 0.15) is 431 Å². The molecular weight excluding hydrogens is 1020 g/mol. The number of aliphatic hydroxyl groups excluding tert-OH is 2. The van der Waals surface area contributed by atoms with Crippen molar-refractivity contribution in [2.75, 3.05) is 13.2 Å². The third-order valence-corrected chi connectivity index (χ3v) is 18.0. The van der Waals surface area contributed by atoms with Crippen molar-refractivity contribution < 1.29 is 24.5 Å². The standard InChI is InChI=1S/C77H149NO5/c1-3-5-7-9-11-13-15-17-19-20-36-40-43-47-51-55-59-63-67-71-77(82)83-72-68-64-60-56-52-48-44-41-38-35-33-31-29-27-25-23-21-22-24-26-28-30-32-34-37-39-42-46-50-54-58-62-66-70-76(81)78-74(73-79)75(80)69-65-61-57-53-49-45-18-16-14-12-10-8-6-4-2/h17,19,65,69,74-75,79-80H,3-16,18,20-64,66-68,70-73H2,1-2H3,(H,78,81)/b19-17-,69-65+. The number of carbonyl (C=O) groups excluding carboxylic acids is 2. The molecule has 0 aromatic rings. The van der Waals surface area contributed by atoms with Crippen molar-refractivity contribution in [1.29, 1.82) is 0 Å². The van der Waals surface area contributed by atoms with Crippen LogP contribution in [0.25, 0.3) is 0 Å². The zero-order valence-electron chi connectivity index (χ0n) is 56.5. The number of hydrogen-bond acceptors (Lipinski definition) is 5. The van der Waals surface area contributed by atoms with Crippen LogP contribution >= 0.6 is 0 Å². The van der Waals surface area contributed by atoms with Gasteiger partial charge in [-0.15, -0.1) is 0 Å². The minimum atomic E-state index is -0.840. The highest BCUT2D eigenvalue weighted by atomic mass is 16.5. The van der Waals surface area contributed by atoms with Gasteiger partial charge in [0.25, 0.3) is 0 Å². The fraction of sp³-hybridized carbons (Fsp3) is 0.922. The van der Waals surface area contributed by atoms with Crippen molar-refractivity contribution in [3.63, 3.8) is 0 Å². The van der Waals surface area contributed by atoms with Gasteiger partial charge in [0.1, 0.15) is 0 Å². The second-order valence-corrected chi connectivity index (χ2v) is 26.3. The molecule has 0 radical (unpaired) electrons. The Morgan fingerprint density at radius 3 is 0.855 bits per heavy atom. The number of ether oxygens (including phenoxy) is 1. The van der Waals surface area contributed by atoms with E-state index < -0.39 is 12.1 Å². The van der Waals surface area contributed by atoms with Crippen molar-refractivity contribution in [2.45, 2.75) is 443 Å². The molecule has 6 heteroatoms. The van der Waals surface area contributed by atoms with E-state index in [1.165, 1.54) is 366 Å². The van der Waals surface area contributed by atoms with Crippen LogP contribution in [-0.4, -0.2) is 47.4 Å². The highest BCUT2D eigenvalue weighted by Crippen LogP contribution is 2.20. The van der Waals surface area contributed by atoms with E-state index in [1.807, 2.05) is 6.08 Å². The lowest BCUT2D eigenvalue weighted by Crippen LogP contribution is -2.45. The van der Waals surface area contributed by atoms with Gasteiger partial charge in [-0.1, -0.05) is 385 Å². The summed E-state index contributed by atoms with van der Waals surface area (Å²) in [5, 5.41) is 23.2. The second-order valence-electron chi connectivity index (χ2n) is 26.3. The number of nitrogens with one attached hydrogen (secondary N) is 1. The van der Waals surface area contributed by atoms with Crippen molar-refractivity contribution in [3.8, 4) is 0 Å². The highest BCUT2D eigenvalue weighted by molar-refractivity contribution is 5.76. The van der Waals surface area contributed by atoms with Crippen molar-refractivity contribution in [1.82, 2.24) is 5.32 Å². The average Bonchev–Trinajstić information content (AvgIpc) is 3.49. The van der Waals surface area contributed by atoms with E-state index in [0.717, 1.165) is 38.5 Å². The summed E-state index contributed by atoms with van der Waals surface area (Å²) in [4.78, 5) is 24.6. The molecule has 0 aromatic heterocycles. The quantitative estimate of drug-likeness (QED) is 0.0320. The maximum absolute atomic E-state index is 12.5. The molecule has 3 N–H and O–H groups in total. The van der Waals surface area contributed by atoms with Gasteiger partial charge in [-0.25, -0.2) is 0 Å². The molecule has 0 bridgehead atoms. The van der Waals surface area contributed by atoms with Gasteiger partial charge < -0.3 is 20.3 Å². The SMILES string of the molecule is CCCCCCCC/C=C\CCCCCCCCCCCC(=O)OCCCCCCCCCCCCCCCCCCCCCCCCCCCCCCCCCCCC(=O)NC(CO)C(O)/C=C/CCCCCCCCCCCCCC. The lowest BCUT2D eigenvalue weighted by molar-refractivity contribution is -0.143. The molecule has 2 atom stereocenters. The maximum Gasteiger partial charge on any atom is 0.305 e. The number of aliphatic hydroxyl groups is 2. The summed E-state index contributed by atoms with van der Waals surface area (Å²) in [6.07, 6.45) is 92.9. The van der Waals surface area contributed by atoms with Crippen molar-refractivity contribution >= 4 is 11.9 Å². The van der Waals surface area contributed by atoms with Crippen LogP contribution in [0, 0.1) is 0 Å². The fourth-order valence-electron chi connectivity index (χ4n) is 12.2.